The maximum atomic E-state index is 5.39. The molecule has 2 aromatic heterocycles. The number of aromatic amines is 1. The Bertz CT molecular complexity index is 1160. The van der Waals surface area contributed by atoms with Crippen LogP contribution >= 0.6 is 0 Å². The first-order valence-electron chi connectivity index (χ1n) is 11.0. The summed E-state index contributed by atoms with van der Waals surface area (Å²) in [5, 5.41) is 15.2. The van der Waals surface area contributed by atoms with Crippen LogP contribution in [0.2, 0.25) is 0 Å². The Balaban J connectivity index is 1.25. The van der Waals surface area contributed by atoms with Gasteiger partial charge in [-0.3, -0.25) is 10.00 Å². The molecule has 0 atom stereocenters. The van der Waals surface area contributed by atoms with Crippen molar-refractivity contribution in [1.29, 1.82) is 0 Å². The summed E-state index contributed by atoms with van der Waals surface area (Å²) in [4.78, 5) is 11.5. The number of H-pyrrole nitrogens is 1. The molecule has 1 saturated heterocycles. The minimum Gasteiger partial charge on any atom is -0.381 e. The number of benzene rings is 2. The number of aromatic nitrogens is 4. The second-order valence-electron chi connectivity index (χ2n) is 7.83. The average Bonchev–Trinajstić information content (AvgIpc) is 3.28. The standard InChI is InChI=1S/C24H27N7O/c1-2-5-18(6-3-1)16-26-20-8-4-7-19(15-20)22-21-17-27-24(28-23(21)30-29-22)25-9-10-31-11-13-32-14-12-31/h1-8,15,17,26H,9-14,16H2,(H2,25,27,28,29,30). The molecule has 1 aliphatic rings. The minimum absolute atomic E-state index is 0.599. The van der Waals surface area contributed by atoms with E-state index in [9.17, 15) is 0 Å². The van der Waals surface area contributed by atoms with Crippen LogP contribution < -0.4 is 10.6 Å². The van der Waals surface area contributed by atoms with Gasteiger partial charge in [0.05, 0.1) is 24.3 Å². The fourth-order valence-corrected chi connectivity index (χ4v) is 3.84. The highest BCUT2D eigenvalue weighted by atomic mass is 16.5. The fraction of sp³-hybridized carbons (Fsp3) is 0.292. The Morgan fingerprint density at radius 3 is 2.75 bits per heavy atom. The molecular formula is C24H27N7O. The van der Waals surface area contributed by atoms with Gasteiger partial charge < -0.3 is 15.4 Å². The third-order valence-electron chi connectivity index (χ3n) is 5.62. The highest BCUT2D eigenvalue weighted by Crippen LogP contribution is 2.27. The summed E-state index contributed by atoms with van der Waals surface area (Å²) < 4.78 is 5.39. The third kappa shape index (κ3) is 4.87. The molecule has 164 valence electrons. The Hall–Kier alpha value is -3.49. The molecule has 1 fully saturated rings. The predicted octanol–water partition coefficient (Wildman–Crippen LogP) is 3.38. The predicted molar refractivity (Wildman–Crippen MR) is 127 cm³/mol. The van der Waals surface area contributed by atoms with E-state index in [1.54, 1.807) is 0 Å². The van der Waals surface area contributed by atoms with Gasteiger partial charge in [0.25, 0.3) is 0 Å². The van der Waals surface area contributed by atoms with Crippen LogP contribution in [0.25, 0.3) is 22.3 Å². The molecule has 5 rings (SSSR count). The number of anilines is 2. The molecule has 0 amide bonds. The maximum absolute atomic E-state index is 5.39. The highest BCUT2D eigenvalue weighted by molar-refractivity contribution is 5.91. The van der Waals surface area contributed by atoms with Crippen molar-refractivity contribution in [2.24, 2.45) is 0 Å². The number of rotatable bonds is 8. The maximum Gasteiger partial charge on any atom is 0.224 e. The van der Waals surface area contributed by atoms with E-state index < -0.39 is 0 Å². The van der Waals surface area contributed by atoms with Gasteiger partial charge in [-0.15, -0.1) is 0 Å². The largest absolute Gasteiger partial charge is 0.381 e. The number of morpholine rings is 1. The van der Waals surface area contributed by atoms with Crippen molar-refractivity contribution in [2.75, 3.05) is 50.0 Å². The van der Waals surface area contributed by atoms with Crippen molar-refractivity contribution in [3.63, 3.8) is 0 Å². The zero-order valence-corrected chi connectivity index (χ0v) is 17.9. The molecule has 0 bridgehead atoms. The smallest absolute Gasteiger partial charge is 0.224 e. The number of fused-ring (bicyclic) bond motifs is 1. The lowest BCUT2D eigenvalue weighted by Gasteiger charge is -2.26. The van der Waals surface area contributed by atoms with Crippen LogP contribution in [-0.4, -0.2) is 64.5 Å². The van der Waals surface area contributed by atoms with Crippen molar-refractivity contribution in [2.45, 2.75) is 6.54 Å². The fourth-order valence-electron chi connectivity index (χ4n) is 3.84. The van der Waals surface area contributed by atoms with E-state index in [-0.39, 0.29) is 0 Å². The van der Waals surface area contributed by atoms with Crippen LogP contribution in [0.1, 0.15) is 5.56 Å². The van der Waals surface area contributed by atoms with Crippen LogP contribution in [0.15, 0.2) is 60.8 Å². The molecule has 3 heterocycles. The van der Waals surface area contributed by atoms with E-state index in [4.69, 9.17) is 4.74 Å². The lowest BCUT2D eigenvalue weighted by molar-refractivity contribution is 0.0398. The van der Waals surface area contributed by atoms with Gasteiger partial charge in [-0.05, 0) is 17.7 Å². The Labute approximate surface area is 187 Å². The monoisotopic (exact) mass is 429 g/mol. The van der Waals surface area contributed by atoms with E-state index >= 15 is 0 Å². The van der Waals surface area contributed by atoms with Gasteiger partial charge in [-0.25, -0.2) is 4.98 Å². The van der Waals surface area contributed by atoms with Gasteiger partial charge in [0, 0.05) is 50.2 Å². The molecule has 0 saturated carbocycles. The Morgan fingerprint density at radius 1 is 1.00 bits per heavy atom. The second kappa shape index (κ2) is 9.76. The first kappa shape index (κ1) is 20.4. The van der Waals surface area contributed by atoms with Gasteiger partial charge in [-0.1, -0.05) is 42.5 Å². The normalized spacial score (nSPS) is 14.5. The van der Waals surface area contributed by atoms with Crippen molar-refractivity contribution in [1.82, 2.24) is 25.1 Å². The van der Waals surface area contributed by atoms with E-state index in [1.165, 1.54) is 5.56 Å². The third-order valence-corrected chi connectivity index (χ3v) is 5.62. The van der Waals surface area contributed by atoms with Gasteiger partial charge in [0.15, 0.2) is 5.65 Å². The summed E-state index contributed by atoms with van der Waals surface area (Å²) in [6.45, 7) is 6.07. The highest BCUT2D eigenvalue weighted by Gasteiger charge is 2.12. The number of ether oxygens (including phenoxy) is 1. The molecule has 4 aromatic rings. The molecule has 1 aliphatic heterocycles. The molecule has 8 heteroatoms. The van der Waals surface area contributed by atoms with Gasteiger partial charge in [0.1, 0.15) is 0 Å². The van der Waals surface area contributed by atoms with Crippen LogP contribution in [0.4, 0.5) is 11.6 Å². The molecule has 0 radical (unpaired) electrons. The van der Waals surface area contributed by atoms with Crippen LogP contribution in [0.3, 0.4) is 0 Å². The second-order valence-corrected chi connectivity index (χ2v) is 7.83. The molecule has 0 spiro atoms. The van der Waals surface area contributed by atoms with Crippen molar-refractivity contribution in [3.05, 3.63) is 66.4 Å². The van der Waals surface area contributed by atoms with Crippen LogP contribution in [0, 0.1) is 0 Å². The summed E-state index contributed by atoms with van der Waals surface area (Å²) in [5.41, 5.74) is 4.92. The zero-order valence-electron chi connectivity index (χ0n) is 17.9. The topological polar surface area (TPSA) is 91.0 Å². The minimum atomic E-state index is 0.599. The van der Waals surface area contributed by atoms with E-state index in [0.29, 0.717) is 11.6 Å². The molecule has 3 N–H and O–H groups in total. The molecule has 0 aliphatic carbocycles. The number of hydrogen-bond donors (Lipinski definition) is 3. The van der Waals surface area contributed by atoms with Crippen molar-refractivity contribution >= 4 is 22.7 Å². The summed E-state index contributed by atoms with van der Waals surface area (Å²) in [6, 6.07) is 18.6. The zero-order chi connectivity index (χ0) is 21.6. The van der Waals surface area contributed by atoms with E-state index in [2.05, 4.69) is 78.2 Å². The van der Waals surface area contributed by atoms with Crippen LogP contribution in [-0.2, 0) is 11.3 Å². The van der Waals surface area contributed by atoms with Gasteiger partial charge in [-0.2, -0.15) is 10.1 Å². The first-order valence-corrected chi connectivity index (χ1v) is 11.0. The molecule has 0 unspecified atom stereocenters. The molecule has 32 heavy (non-hydrogen) atoms. The number of nitrogens with zero attached hydrogens (tertiary/aromatic N) is 4. The SMILES string of the molecule is c1ccc(CNc2cccc(-c3[nH]nc4nc(NCCN5CCOCC5)ncc34)c2)cc1. The van der Waals surface area contributed by atoms with Crippen molar-refractivity contribution in [3.8, 4) is 11.3 Å². The number of hydrogen-bond acceptors (Lipinski definition) is 7. The average molecular weight is 430 g/mol. The summed E-state index contributed by atoms with van der Waals surface area (Å²) >= 11 is 0. The van der Waals surface area contributed by atoms with Crippen LogP contribution in [0.5, 0.6) is 0 Å². The van der Waals surface area contributed by atoms with E-state index in [0.717, 1.165) is 68.3 Å². The summed E-state index contributed by atoms with van der Waals surface area (Å²) in [7, 11) is 0. The number of nitrogens with one attached hydrogen (secondary N) is 3. The lowest BCUT2D eigenvalue weighted by Crippen LogP contribution is -2.39. The molecular weight excluding hydrogens is 402 g/mol. The van der Waals surface area contributed by atoms with E-state index in [1.807, 2.05) is 18.3 Å². The first-order chi connectivity index (χ1) is 15.8. The Kier molecular flexibility index (Phi) is 6.23. The molecule has 8 nitrogen and oxygen atoms in total. The Morgan fingerprint density at radius 2 is 1.88 bits per heavy atom. The summed E-state index contributed by atoms with van der Waals surface area (Å²) in [5.74, 6) is 0.599. The van der Waals surface area contributed by atoms with Crippen molar-refractivity contribution < 1.29 is 4.74 Å². The molecule has 2 aromatic carbocycles. The van der Waals surface area contributed by atoms with Gasteiger partial charge >= 0.3 is 0 Å². The summed E-state index contributed by atoms with van der Waals surface area (Å²) in [6.07, 6.45) is 1.84. The van der Waals surface area contributed by atoms with Gasteiger partial charge in [0.2, 0.25) is 5.95 Å². The quantitative estimate of drug-likeness (QED) is 0.396. The lowest BCUT2D eigenvalue weighted by atomic mass is 10.1.